The quantitative estimate of drug-likeness (QED) is 0.805. The number of anilines is 1. The number of amides is 1. The van der Waals surface area contributed by atoms with Crippen molar-refractivity contribution >= 4 is 44.9 Å². The third-order valence-electron chi connectivity index (χ3n) is 2.74. The lowest BCUT2D eigenvalue weighted by Gasteiger charge is -1.99. The molecule has 0 spiro atoms. The Bertz CT molecular complexity index is 781. The highest BCUT2D eigenvalue weighted by Crippen LogP contribution is 2.25. The minimum atomic E-state index is -0.163. The predicted molar refractivity (Wildman–Crippen MR) is 78.2 cm³/mol. The lowest BCUT2D eigenvalue weighted by Crippen LogP contribution is -2.13. The van der Waals surface area contributed by atoms with Crippen LogP contribution in [0.25, 0.3) is 11.0 Å². The van der Waals surface area contributed by atoms with E-state index in [9.17, 15) is 4.79 Å². The van der Waals surface area contributed by atoms with Crippen molar-refractivity contribution in [3.8, 4) is 0 Å². The van der Waals surface area contributed by atoms with Crippen LogP contribution in [-0.2, 0) is 11.2 Å². The number of carbonyl (C=O) groups excluding carboxylic acids is 1. The van der Waals surface area contributed by atoms with Gasteiger partial charge >= 0.3 is 0 Å². The van der Waals surface area contributed by atoms with E-state index in [1.807, 2.05) is 6.92 Å². The number of furan rings is 1. The number of halogens is 1. The Labute approximate surface area is 123 Å². The van der Waals surface area contributed by atoms with Gasteiger partial charge in [0.2, 0.25) is 11.0 Å². The highest BCUT2D eigenvalue weighted by molar-refractivity contribution is 7.15. The zero-order chi connectivity index (χ0) is 14.1. The molecule has 0 unspecified atom stereocenters. The van der Waals surface area contributed by atoms with Gasteiger partial charge in [-0.15, -0.1) is 10.2 Å². The summed E-state index contributed by atoms with van der Waals surface area (Å²) >= 11 is 7.29. The van der Waals surface area contributed by atoms with Crippen LogP contribution in [0.3, 0.4) is 0 Å². The summed E-state index contributed by atoms with van der Waals surface area (Å²) in [6.45, 7) is 1.83. The van der Waals surface area contributed by atoms with Crippen LogP contribution in [0.15, 0.2) is 28.9 Å². The molecular weight excluding hydrogens is 298 g/mol. The van der Waals surface area contributed by atoms with Crippen LogP contribution in [0.5, 0.6) is 0 Å². The molecule has 2 heterocycles. The maximum absolute atomic E-state index is 12.0. The second-order valence-corrected chi connectivity index (χ2v) is 5.87. The van der Waals surface area contributed by atoms with E-state index in [2.05, 4.69) is 15.5 Å². The van der Waals surface area contributed by atoms with Gasteiger partial charge in [-0.1, -0.05) is 22.9 Å². The summed E-state index contributed by atoms with van der Waals surface area (Å²) in [4.78, 5) is 12.0. The fourth-order valence-corrected chi connectivity index (χ4v) is 2.65. The molecule has 0 aliphatic heterocycles. The standard InChI is InChI=1S/C13H10ClN3O2S/c1-7-16-17-13(20-7)15-12(18)4-8-6-19-11-3-2-9(14)5-10(8)11/h2-3,5-6H,4H2,1H3,(H,15,17,18). The topological polar surface area (TPSA) is 68.0 Å². The maximum atomic E-state index is 12.0. The first kappa shape index (κ1) is 13.1. The molecular formula is C13H10ClN3O2S. The van der Waals surface area contributed by atoms with Gasteiger partial charge in [-0.05, 0) is 25.1 Å². The third-order valence-corrected chi connectivity index (χ3v) is 3.73. The molecule has 0 saturated heterocycles. The number of nitrogens with zero attached hydrogens (tertiary/aromatic N) is 2. The van der Waals surface area contributed by atoms with Crippen LogP contribution in [0, 0.1) is 6.92 Å². The summed E-state index contributed by atoms with van der Waals surface area (Å²) in [7, 11) is 0. The molecule has 7 heteroatoms. The van der Waals surface area contributed by atoms with Gasteiger partial charge in [-0.25, -0.2) is 0 Å². The van der Waals surface area contributed by atoms with Crippen molar-refractivity contribution in [3.63, 3.8) is 0 Å². The summed E-state index contributed by atoms with van der Waals surface area (Å²) in [5.41, 5.74) is 1.50. The van der Waals surface area contributed by atoms with E-state index in [-0.39, 0.29) is 12.3 Å². The zero-order valence-corrected chi connectivity index (χ0v) is 12.1. The number of nitrogens with one attached hydrogen (secondary N) is 1. The van der Waals surface area contributed by atoms with E-state index in [4.69, 9.17) is 16.0 Å². The van der Waals surface area contributed by atoms with Gasteiger partial charge < -0.3 is 9.73 Å². The molecule has 0 saturated carbocycles. The Kier molecular flexibility index (Phi) is 3.42. The SMILES string of the molecule is Cc1nnc(NC(=O)Cc2coc3ccc(Cl)cc23)s1. The van der Waals surface area contributed by atoms with Gasteiger partial charge in [0, 0.05) is 16.0 Å². The Balaban J connectivity index is 1.79. The molecule has 1 N–H and O–H groups in total. The second kappa shape index (κ2) is 5.22. The van der Waals surface area contributed by atoms with Crippen molar-refractivity contribution < 1.29 is 9.21 Å². The largest absolute Gasteiger partial charge is 0.464 e. The normalized spacial score (nSPS) is 10.9. The average Bonchev–Trinajstić information content (AvgIpc) is 2.97. The van der Waals surface area contributed by atoms with Crippen LogP contribution in [-0.4, -0.2) is 16.1 Å². The minimum absolute atomic E-state index is 0.163. The lowest BCUT2D eigenvalue weighted by atomic mass is 10.1. The number of hydrogen-bond acceptors (Lipinski definition) is 5. The van der Waals surface area contributed by atoms with Gasteiger partial charge in [-0.2, -0.15) is 0 Å². The highest BCUT2D eigenvalue weighted by Gasteiger charge is 2.12. The summed E-state index contributed by atoms with van der Waals surface area (Å²) < 4.78 is 5.40. The molecule has 20 heavy (non-hydrogen) atoms. The van der Waals surface area contributed by atoms with Crippen LogP contribution >= 0.6 is 22.9 Å². The molecule has 2 aromatic heterocycles. The van der Waals surface area contributed by atoms with E-state index < -0.39 is 0 Å². The van der Waals surface area contributed by atoms with Crippen LogP contribution < -0.4 is 5.32 Å². The van der Waals surface area contributed by atoms with Gasteiger partial charge in [-0.3, -0.25) is 4.79 Å². The molecule has 1 aromatic carbocycles. The van der Waals surface area contributed by atoms with Crippen molar-refractivity contribution in [2.24, 2.45) is 0 Å². The number of rotatable bonds is 3. The lowest BCUT2D eigenvalue weighted by molar-refractivity contribution is -0.115. The molecule has 3 rings (SSSR count). The summed E-state index contributed by atoms with van der Waals surface area (Å²) in [6.07, 6.45) is 1.78. The van der Waals surface area contributed by atoms with Crippen LogP contribution in [0.4, 0.5) is 5.13 Å². The predicted octanol–water partition coefficient (Wildman–Crippen LogP) is 3.43. The number of aromatic nitrogens is 2. The molecule has 0 bridgehead atoms. The first-order chi connectivity index (χ1) is 9.61. The average molecular weight is 308 g/mol. The highest BCUT2D eigenvalue weighted by atomic mass is 35.5. The van der Waals surface area contributed by atoms with Crippen molar-refractivity contribution in [1.29, 1.82) is 0 Å². The van der Waals surface area contributed by atoms with E-state index >= 15 is 0 Å². The maximum Gasteiger partial charge on any atom is 0.230 e. The zero-order valence-electron chi connectivity index (χ0n) is 10.5. The molecule has 0 radical (unpaired) electrons. The Hall–Kier alpha value is -1.92. The summed E-state index contributed by atoms with van der Waals surface area (Å²) in [5, 5.41) is 13.2. The van der Waals surface area contributed by atoms with Crippen molar-refractivity contribution in [2.75, 3.05) is 5.32 Å². The number of hydrogen-bond donors (Lipinski definition) is 1. The molecule has 5 nitrogen and oxygen atoms in total. The third kappa shape index (κ3) is 2.66. The van der Waals surface area contributed by atoms with Crippen LogP contribution in [0.1, 0.15) is 10.6 Å². The number of fused-ring (bicyclic) bond motifs is 1. The van der Waals surface area contributed by atoms with Crippen LogP contribution in [0.2, 0.25) is 5.02 Å². The van der Waals surface area contributed by atoms with Crippen molar-refractivity contribution in [1.82, 2.24) is 10.2 Å². The molecule has 0 aliphatic carbocycles. The Morgan fingerprint density at radius 1 is 1.45 bits per heavy atom. The molecule has 1 amide bonds. The Morgan fingerprint density at radius 2 is 2.30 bits per heavy atom. The summed E-state index contributed by atoms with van der Waals surface area (Å²) in [6, 6.07) is 5.33. The van der Waals surface area contributed by atoms with Gasteiger partial charge in [0.25, 0.3) is 0 Å². The molecule has 0 aliphatic rings. The van der Waals surface area contributed by atoms with E-state index in [0.29, 0.717) is 15.7 Å². The van der Waals surface area contributed by atoms with E-state index in [0.717, 1.165) is 16.0 Å². The summed E-state index contributed by atoms with van der Waals surface area (Å²) in [5.74, 6) is -0.163. The number of carbonyl (C=O) groups is 1. The van der Waals surface area contributed by atoms with Crippen molar-refractivity contribution in [2.45, 2.75) is 13.3 Å². The fraction of sp³-hybridized carbons (Fsp3) is 0.154. The minimum Gasteiger partial charge on any atom is -0.464 e. The molecule has 0 fully saturated rings. The number of aryl methyl sites for hydroxylation is 1. The fourth-order valence-electron chi connectivity index (χ4n) is 1.87. The molecule has 3 aromatic rings. The first-order valence-electron chi connectivity index (χ1n) is 5.87. The van der Waals surface area contributed by atoms with Crippen molar-refractivity contribution in [3.05, 3.63) is 40.1 Å². The number of benzene rings is 1. The van der Waals surface area contributed by atoms with E-state index in [1.54, 1.807) is 24.5 Å². The van der Waals surface area contributed by atoms with Gasteiger partial charge in [0.05, 0.1) is 12.7 Å². The molecule has 102 valence electrons. The smallest absolute Gasteiger partial charge is 0.230 e. The first-order valence-corrected chi connectivity index (χ1v) is 7.07. The van der Waals surface area contributed by atoms with Gasteiger partial charge in [0.15, 0.2) is 0 Å². The van der Waals surface area contributed by atoms with E-state index in [1.165, 1.54) is 11.3 Å². The Morgan fingerprint density at radius 3 is 3.05 bits per heavy atom. The molecule has 0 atom stereocenters. The second-order valence-electron chi connectivity index (χ2n) is 4.25. The van der Waals surface area contributed by atoms with Gasteiger partial charge in [0.1, 0.15) is 10.6 Å². The monoisotopic (exact) mass is 307 g/mol.